The predicted octanol–water partition coefficient (Wildman–Crippen LogP) is 4.64. The molecule has 3 aromatic carbocycles. The molecule has 0 unspecified atom stereocenters. The van der Waals surface area contributed by atoms with Crippen LogP contribution in [0.4, 0.5) is 0 Å². The number of phenols is 1. The van der Waals surface area contributed by atoms with Crippen LogP contribution < -0.4 is 0 Å². The van der Waals surface area contributed by atoms with E-state index in [4.69, 9.17) is 0 Å². The number of hydrogen-bond donors (Lipinski definition) is 1. The predicted molar refractivity (Wildman–Crippen MR) is 104 cm³/mol. The van der Waals surface area contributed by atoms with Gasteiger partial charge < -0.3 is 10.0 Å². The molecule has 4 rings (SSSR count). The molecule has 0 bridgehead atoms. The molecule has 1 aliphatic heterocycles. The van der Waals surface area contributed by atoms with Gasteiger partial charge in [0, 0.05) is 24.0 Å². The number of phenolic OH excluding ortho intramolecular Hbond substituents is 1. The van der Waals surface area contributed by atoms with E-state index in [1.807, 2.05) is 35.2 Å². The van der Waals surface area contributed by atoms with Gasteiger partial charge in [0.25, 0.3) is 5.91 Å². The molecule has 0 radical (unpaired) electrons. The van der Waals surface area contributed by atoms with Crippen molar-refractivity contribution in [2.24, 2.45) is 5.92 Å². The van der Waals surface area contributed by atoms with Gasteiger partial charge in [-0.3, -0.25) is 4.79 Å². The zero-order chi connectivity index (χ0) is 17.9. The third-order valence-electron chi connectivity index (χ3n) is 5.37. The first-order valence-electron chi connectivity index (χ1n) is 9.25. The third kappa shape index (κ3) is 3.43. The van der Waals surface area contributed by atoms with Gasteiger partial charge in [0.05, 0.1) is 0 Å². The van der Waals surface area contributed by atoms with Crippen molar-refractivity contribution in [3.8, 4) is 5.75 Å². The molecule has 3 aromatic rings. The van der Waals surface area contributed by atoms with E-state index in [1.54, 1.807) is 12.1 Å². The largest absolute Gasteiger partial charge is 0.507 e. The number of carbonyl (C=O) groups is 1. The summed E-state index contributed by atoms with van der Waals surface area (Å²) in [5, 5.41) is 11.6. The van der Waals surface area contributed by atoms with E-state index in [1.165, 1.54) is 5.56 Å². The van der Waals surface area contributed by atoms with Gasteiger partial charge in [-0.15, -0.1) is 0 Å². The molecule has 1 aliphatic rings. The summed E-state index contributed by atoms with van der Waals surface area (Å²) in [6, 6.07) is 21.5. The highest BCUT2D eigenvalue weighted by molar-refractivity contribution is 5.99. The highest BCUT2D eigenvalue weighted by atomic mass is 16.3. The standard InChI is InChI=1S/C23H23NO2/c25-22-8-4-7-19-16-20(9-10-21(19)22)23(26)24-13-11-18(12-14-24)15-17-5-2-1-3-6-17/h1-10,16,18,25H,11-15H2. The van der Waals surface area contributed by atoms with Crippen molar-refractivity contribution in [2.45, 2.75) is 19.3 Å². The Morgan fingerprint density at radius 2 is 1.73 bits per heavy atom. The van der Waals surface area contributed by atoms with Crippen LogP contribution in [0.2, 0.25) is 0 Å². The molecular formula is C23H23NO2. The number of aromatic hydroxyl groups is 1. The molecule has 26 heavy (non-hydrogen) atoms. The number of likely N-dealkylation sites (tertiary alicyclic amines) is 1. The number of hydrogen-bond acceptors (Lipinski definition) is 2. The summed E-state index contributed by atoms with van der Waals surface area (Å²) in [6.07, 6.45) is 3.20. The van der Waals surface area contributed by atoms with Crippen LogP contribution in [0.25, 0.3) is 10.8 Å². The van der Waals surface area contributed by atoms with Crippen molar-refractivity contribution in [3.05, 3.63) is 77.9 Å². The number of carbonyl (C=O) groups excluding carboxylic acids is 1. The SMILES string of the molecule is O=C(c1ccc2c(O)cccc2c1)N1CCC(Cc2ccccc2)CC1. The second-order valence-electron chi connectivity index (χ2n) is 7.14. The first kappa shape index (κ1) is 16.6. The van der Waals surface area contributed by atoms with Gasteiger partial charge in [-0.25, -0.2) is 0 Å². The monoisotopic (exact) mass is 345 g/mol. The van der Waals surface area contributed by atoms with E-state index in [-0.39, 0.29) is 11.7 Å². The number of fused-ring (bicyclic) bond motifs is 1. The second-order valence-corrected chi connectivity index (χ2v) is 7.14. The Kier molecular flexibility index (Phi) is 4.61. The Balaban J connectivity index is 1.42. The van der Waals surface area contributed by atoms with Crippen molar-refractivity contribution in [3.63, 3.8) is 0 Å². The molecule has 0 spiro atoms. The lowest BCUT2D eigenvalue weighted by Gasteiger charge is -2.32. The Hall–Kier alpha value is -2.81. The normalized spacial score (nSPS) is 15.3. The fraction of sp³-hybridized carbons (Fsp3) is 0.261. The van der Waals surface area contributed by atoms with Crippen LogP contribution in [-0.2, 0) is 6.42 Å². The maximum atomic E-state index is 12.9. The summed E-state index contributed by atoms with van der Waals surface area (Å²) >= 11 is 0. The lowest BCUT2D eigenvalue weighted by atomic mass is 9.90. The van der Waals surface area contributed by atoms with E-state index in [9.17, 15) is 9.90 Å². The summed E-state index contributed by atoms with van der Waals surface area (Å²) in [4.78, 5) is 14.8. The number of rotatable bonds is 3. The molecule has 132 valence electrons. The molecule has 0 aromatic heterocycles. The minimum atomic E-state index is 0.0911. The number of amides is 1. The summed E-state index contributed by atoms with van der Waals surface area (Å²) in [5.74, 6) is 0.992. The molecule has 0 aliphatic carbocycles. The Morgan fingerprint density at radius 1 is 0.962 bits per heavy atom. The minimum absolute atomic E-state index is 0.0911. The van der Waals surface area contributed by atoms with Gasteiger partial charge in [0.1, 0.15) is 5.75 Å². The first-order valence-corrected chi connectivity index (χ1v) is 9.25. The van der Waals surface area contributed by atoms with E-state index in [2.05, 4.69) is 24.3 Å². The maximum Gasteiger partial charge on any atom is 0.253 e. The molecule has 0 saturated carbocycles. The molecule has 1 heterocycles. The topological polar surface area (TPSA) is 40.5 Å². The maximum absolute atomic E-state index is 12.9. The quantitative estimate of drug-likeness (QED) is 0.751. The highest BCUT2D eigenvalue weighted by Crippen LogP contribution is 2.27. The van der Waals surface area contributed by atoms with Crippen molar-refractivity contribution in [2.75, 3.05) is 13.1 Å². The van der Waals surface area contributed by atoms with E-state index in [0.717, 1.165) is 43.1 Å². The van der Waals surface area contributed by atoms with E-state index < -0.39 is 0 Å². The minimum Gasteiger partial charge on any atom is -0.507 e. The van der Waals surface area contributed by atoms with Crippen LogP contribution in [0.15, 0.2) is 66.7 Å². The third-order valence-corrected chi connectivity index (χ3v) is 5.37. The summed E-state index contributed by atoms with van der Waals surface area (Å²) in [7, 11) is 0. The number of benzene rings is 3. The highest BCUT2D eigenvalue weighted by Gasteiger charge is 2.24. The summed E-state index contributed by atoms with van der Waals surface area (Å²) in [6.45, 7) is 1.63. The van der Waals surface area contributed by atoms with Crippen LogP contribution in [0, 0.1) is 5.92 Å². The zero-order valence-electron chi connectivity index (χ0n) is 14.8. The Labute approximate surface area is 153 Å². The smallest absolute Gasteiger partial charge is 0.253 e. The van der Waals surface area contributed by atoms with Crippen molar-refractivity contribution in [1.82, 2.24) is 4.90 Å². The molecule has 1 saturated heterocycles. The lowest BCUT2D eigenvalue weighted by Crippen LogP contribution is -2.38. The molecular weight excluding hydrogens is 322 g/mol. The number of piperidine rings is 1. The van der Waals surface area contributed by atoms with Gasteiger partial charge in [0.15, 0.2) is 0 Å². The van der Waals surface area contributed by atoms with Gasteiger partial charge in [-0.1, -0.05) is 42.5 Å². The molecule has 1 amide bonds. The fourth-order valence-corrected chi connectivity index (χ4v) is 3.87. The van der Waals surface area contributed by atoms with Crippen molar-refractivity contribution in [1.29, 1.82) is 0 Å². The second kappa shape index (κ2) is 7.20. The Morgan fingerprint density at radius 3 is 2.50 bits per heavy atom. The average Bonchev–Trinajstić information content (AvgIpc) is 2.69. The first-order chi connectivity index (χ1) is 12.7. The number of nitrogens with zero attached hydrogens (tertiary/aromatic N) is 1. The average molecular weight is 345 g/mol. The Bertz CT molecular complexity index is 912. The molecule has 0 atom stereocenters. The van der Waals surface area contributed by atoms with Crippen molar-refractivity contribution >= 4 is 16.7 Å². The van der Waals surface area contributed by atoms with Crippen LogP contribution in [0.1, 0.15) is 28.8 Å². The van der Waals surface area contributed by atoms with Crippen LogP contribution in [0.3, 0.4) is 0 Å². The zero-order valence-corrected chi connectivity index (χ0v) is 14.8. The van der Waals surface area contributed by atoms with E-state index in [0.29, 0.717) is 11.5 Å². The lowest BCUT2D eigenvalue weighted by molar-refractivity contribution is 0.0690. The summed E-state index contributed by atoms with van der Waals surface area (Å²) in [5.41, 5.74) is 2.08. The molecule has 1 N–H and O–H groups in total. The van der Waals surface area contributed by atoms with Crippen LogP contribution >= 0.6 is 0 Å². The summed E-state index contributed by atoms with van der Waals surface area (Å²) < 4.78 is 0. The molecule has 3 heteroatoms. The molecule has 3 nitrogen and oxygen atoms in total. The van der Waals surface area contributed by atoms with Gasteiger partial charge in [0.2, 0.25) is 0 Å². The van der Waals surface area contributed by atoms with Crippen LogP contribution in [0.5, 0.6) is 5.75 Å². The van der Waals surface area contributed by atoms with Gasteiger partial charge in [-0.05, 0) is 60.4 Å². The fourth-order valence-electron chi connectivity index (χ4n) is 3.87. The van der Waals surface area contributed by atoms with E-state index >= 15 is 0 Å². The van der Waals surface area contributed by atoms with Gasteiger partial charge >= 0.3 is 0 Å². The van der Waals surface area contributed by atoms with Gasteiger partial charge in [-0.2, -0.15) is 0 Å². The van der Waals surface area contributed by atoms with Crippen molar-refractivity contribution < 1.29 is 9.90 Å². The molecule has 1 fully saturated rings. The van der Waals surface area contributed by atoms with Crippen LogP contribution in [-0.4, -0.2) is 29.0 Å².